The summed E-state index contributed by atoms with van der Waals surface area (Å²) < 4.78 is 5.70. The Balaban J connectivity index is 1.45. The molecule has 2 amide bonds. The molecular weight excluding hydrogens is 416 g/mol. The Morgan fingerprint density at radius 3 is 2.84 bits per heavy atom. The third-order valence-electron chi connectivity index (χ3n) is 5.57. The second-order valence-corrected chi connectivity index (χ2v) is 8.50. The van der Waals surface area contributed by atoms with Gasteiger partial charge in [0.15, 0.2) is 0 Å². The third kappa shape index (κ3) is 5.74. The number of halogens is 1. The van der Waals surface area contributed by atoms with E-state index in [9.17, 15) is 9.59 Å². The molecule has 2 unspecified atom stereocenters. The quantitative estimate of drug-likeness (QED) is 0.582. The van der Waals surface area contributed by atoms with Gasteiger partial charge in [-0.2, -0.15) is 0 Å². The summed E-state index contributed by atoms with van der Waals surface area (Å²) in [4.78, 5) is 28.4. The highest BCUT2D eigenvalue weighted by Crippen LogP contribution is 2.31. The van der Waals surface area contributed by atoms with Gasteiger partial charge in [-0.3, -0.25) is 14.9 Å². The van der Waals surface area contributed by atoms with E-state index in [2.05, 4.69) is 20.9 Å². The number of carbonyl (C=O) groups excluding carboxylic acids is 2. The van der Waals surface area contributed by atoms with E-state index < -0.39 is 6.17 Å². The first-order valence-corrected chi connectivity index (χ1v) is 11.1. The molecule has 8 heteroatoms. The van der Waals surface area contributed by atoms with Gasteiger partial charge in [-0.15, -0.1) is 0 Å². The van der Waals surface area contributed by atoms with Crippen molar-refractivity contribution in [3.63, 3.8) is 0 Å². The minimum absolute atomic E-state index is 0.0160. The number of nitrogens with one attached hydrogen (secondary N) is 3. The van der Waals surface area contributed by atoms with Gasteiger partial charge in [-0.25, -0.2) is 4.98 Å². The Labute approximate surface area is 186 Å². The number of pyridine rings is 1. The van der Waals surface area contributed by atoms with Crippen LogP contribution < -0.4 is 20.7 Å². The summed E-state index contributed by atoms with van der Waals surface area (Å²) in [6.45, 7) is 2.93. The molecule has 2 aliphatic rings. The fourth-order valence-electron chi connectivity index (χ4n) is 3.51. The zero-order chi connectivity index (χ0) is 21.8. The van der Waals surface area contributed by atoms with Gasteiger partial charge in [0.2, 0.25) is 17.7 Å². The second-order valence-electron chi connectivity index (χ2n) is 8.09. The third-order valence-corrected chi connectivity index (χ3v) is 5.91. The number of rotatable bonds is 8. The van der Waals surface area contributed by atoms with Gasteiger partial charge >= 0.3 is 0 Å². The summed E-state index contributed by atoms with van der Waals surface area (Å²) in [5.74, 6) is 1.19. The molecule has 4 rings (SSSR count). The van der Waals surface area contributed by atoms with Gasteiger partial charge in [0, 0.05) is 48.3 Å². The van der Waals surface area contributed by atoms with E-state index in [1.807, 2.05) is 31.2 Å². The van der Waals surface area contributed by atoms with Crippen molar-refractivity contribution >= 4 is 23.4 Å². The predicted octanol–water partition coefficient (Wildman–Crippen LogP) is 3.40. The largest absolute Gasteiger partial charge is 0.477 e. The molecule has 3 N–H and O–H groups in total. The molecule has 1 aromatic carbocycles. The van der Waals surface area contributed by atoms with Crippen LogP contribution >= 0.6 is 11.6 Å². The van der Waals surface area contributed by atoms with Crippen LogP contribution in [0, 0.1) is 5.92 Å². The van der Waals surface area contributed by atoms with Crippen LogP contribution in [-0.4, -0.2) is 23.4 Å². The van der Waals surface area contributed by atoms with E-state index in [-0.39, 0.29) is 17.9 Å². The Morgan fingerprint density at radius 1 is 1.29 bits per heavy atom. The van der Waals surface area contributed by atoms with Crippen LogP contribution in [0.5, 0.6) is 5.88 Å². The van der Waals surface area contributed by atoms with E-state index in [1.165, 1.54) is 12.8 Å². The van der Waals surface area contributed by atoms with Crippen LogP contribution in [0.4, 0.5) is 0 Å². The highest BCUT2D eigenvalue weighted by atomic mass is 35.5. The molecule has 0 spiro atoms. The Hall–Kier alpha value is -2.64. The van der Waals surface area contributed by atoms with Gasteiger partial charge in [0.05, 0.1) is 6.61 Å². The molecule has 1 saturated carbocycles. The molecule has 164 valence electrons. The molecular formula is C23H27ClN4O3. The van der Waals surface area contributed by atoms with E-state index in [1.54, 1.807) is 12.3 Å². The standard InChI is InChI=1S/C23H27ClN4O3/c1-2-20(29)25-11-15-5-7-18(24)17(9-15)23-27-19(10-21(30)28-23)16-6-8-22(26-12-16)31-13-14-3-4-14/h5-9,12,14,19,23,27H,2-4,10-11,13H2,1H3,(H,25,29)(H,28,30). The lowest BCUT2D eigenvalue weighted by Crippen LogP contribution is -2.46. The fraction of sp³-hybridized carbons (Fsp3) is 0.435. The van der Waals surface area contributed by atoms with E-state index >= 15 is 0 Å². The molecule has 1 aliphatic carbocycles. The van der Waals surface area contributed by atoms with Crippen molar-refractivity contribution in [3.8, 4) is 5.88 Å². The first-order valence-electron chi connectivity index (χ1n) is 10.7. The van der Waals surface area contributed by atoms with Crippen LogP contribution in [-0.2, 0) is 16.1 Å². The van der Waals surface area contributed by atoms with Crippen molar-refractivity contribution in [2.24, 2.45) is 5.92 Å². The summed E-state index contributed by atoms with van der Waals surface area (Å²) in [5, 5.41) is 9.82. The van der Waals surface area contributed by atoms with Crippen molar-refractivity contribution in [2.45, 2.75) is 51.4 Å². The lowest BCUT2D eigenvalue weighted by atomic mass is 9.99. The minimum Gasteiger partial charge on any atom is -0.477 e. The Kier molecular flexibility index (Phi) is 6.73. The molecule has 7 nitrogen and oxygen atoms in total. The van der Waals surface area contributed by atoms with Crippen LogP contribution in [0.25, 0.3) is 0 Å². The summed E-state index contributed by atoms with van der Waals surface area (Å²) in [5.41, 5.74) is 2.60. The Bertz CT molecular complexity index is 946. The highest BCUT2D eigenvalue weighted by molar-refractivity contribution is 6.31. The van der Waals surface area contributed by atoms with Crippen LogP contribution in [0.2, 0.25) is 5.02 Å². The molecule has 1 saturated heterocycles. The highest BCUT2D eigenvalue weighted by Gasteiger charge is 2.29. The zero-order valence-corrected chi connectivity index (χ0v) is 18.2. The zero-order valence-electron chi connectivity index (χ0n) is 17.5. The van der Waals surface area contributed by atoms with Gasteiger partial charge in [0.1, 0.15) is 6.17 Å². The van der Waals surface area contributed by atoms with Crippen LogP contribution in [0.3, 0.4) is 0 Å². The topological polar surface area (TPSA) is 92.4 Å². The lowest BCUT2D eigenvalue weighted by molar-refractivity contribution is -0.124. The predicted molar refractivity (Wildman–Crippen MR) is 117 cm³/mol. The van der Waals surface area contributed by atoms with Crippen LogP contribution in [0.1, 0.15) is 61.5 Å². The number of amides is 2. The van der Waals surface area contributed by atoms with E-state index in [0.717, 1.165) is 16.7 Å². The maximum atomic E-state index is 12.4. The first-order chi connectivity index (χ1) is 15.0. The molecule has 1 aromatic heterocycles. The van der Waals surface area contributed by atoms with Crippen molar-refractivity contribution in [2.75, 3.05) is 6.61 Å². The maximum absolute atomic E-state index is 12.4. The monoisotopic (exact) mass is 442 g/mol. The van der Waals surface area contributed by atoms with Gasteiger partial charge < -0.3 is 15.4 Å². The molecule has 2 heterocycles. The molecule has 2 atom stereocenters. The molecule has 0 radical (unpaired) electrons. The number of aromatic nitrogens is 1. The summed E-state index contributed by atoms with van der Waals surface area (Å²) in [6, 6.07) is 9.17. The second kappa shape index (κ2) is 9.66. The summed E-state index contributed by atoms with van der Waals surface area (Å²) >= 11 is 6.44. The molecule has 0 bridgehead atoms. The van der Waals surface area contributed by atoms with Crippen molar-refractivity contribution in [1.82, 2.24) is 20.9 Å². The average molecular weight is 443 g/mol. The molecule has 1 aliphatic heterocycles. The number of ether oxygens (including phenoxy) is 1. The van der Waals surface area contributed by atoms with Gasteiger partial charge in [-0.1, -0.05) is 30.7 Å². The first kappa shape index (κ1) is 21.6. The number of nitrogens with zero attached hydrogens (tertiary/aromatic N) is 1. The number of benzene rings is 1. The van der Waals surface area contributed by atoms with Crippen molar-refractivity contribution in [1.29, 1.82) is 0 Å². The summed E-state index contributed by atoms with van der Waals surface area (Å²) in [7, 11) is 0. The van der Waals surface area contributed by atoms with Crippen molar-refractivity contribution < 1.29 is 14.3 Å². The average Bonchev–Trinajstić information content (AvgIpc) is 3.61. The fourth-order valence-corrected chi connectivity index (χ4v) is 3.74. The summed E-state index contributed by atoms with van der Waals surface area (Å²) in [6.07, 6.45) is 4.52. The minimum atomic E-state index is -0.439. The Morgan fingerprint density at radius 2 is 2.13 bits per heavy atom. The maximum Gasteiger partial charge on any atom is 0.223 e. The smallest absolute Gasteiger partial charge is 0.223 e. The normalized spacial score (nSPS) is 20.8. The molecule has 2 fully saturated rings. The molecule has 31 heavy (non-hydrogen) atoms. The van der Waals surface area contributed by atoms with E-state index in [0.29, 0.717) is 42.8 Å². The van der Waals surface area contributed by atoms with Gasteiger partial charge in [0.25, 0.3) is 0 Å². The number of carbonyl (C=O) groups is 2. The van der Waals surface area contributed by atoms with Gasteiger partial charge in [-0.05, 0) is 42.0 Å². The van der Waals surface area contributed by atoms with Crippen molar-refractivity contribution in [3.05, 3.63) is 58.2 Å². The SMILES string of the molecule is CCC(=O)NCc1ccc(Cl)c(C2NC(=O)CC(c3ccc(OCC4CC4)nc3)N2)c1. The van der Waals surface area contributed by atoms with Crippen LogP contribution in [0.15, 0.2) is 36.5 Å². The number of hydrogen-bond donors (Lipinski definition) is 3. The number of hydrogen-bond acceptors (Lipinski definition) is 5. The molecule has 2 aromatic rings. The lowest BCUT2D eigenvalue weighted by Gasteiger charge is -2.32. The van der Waals surface area contributed by atoms with E-state index in [4.69, 9.17) is 16.3 Å².